The average Bonchev–Trinajstić information content (AvgIpc) is 3.79. The first kappa shape index (κ1) is 51.0. The highest BCUT2D eigenvalue weighted by molar-refractivity contribution is 6.44. The van der Waals surface area contributed by atoms with Crippen LogP contribution >= 0.6 is 0 Å². The zero-order valence-electron chi connectivity index (χ0n) is 37.3. The number of benzene rings is 4. The van der Waals surface area contributed by atoms with Crippen LogP contribution in [-0.4, -0.2) is 61.0 Å². The second-order valence-corrected chi connectivity index (χ2v) is 18.5. The summed E-state index contributed by atoms with van der Waals surface area (Å²) in [5, 5.41) is 0. The lowest BCUT2D eigenvalue weighted by Gasteiger charge is -2.28. The maximum absolute atomic E-state index is 14.8. The number of alkyl halides is 13. The predicted octanol–water partition coefficient (Wildman–Crippen LogP) is 15.0. The number of rotatable bonds is 13. The molecule has 0 saturated carbocycles. The van der Waals surface area contributed by atoms with E-state index in [9.17, 15) is 57.1 Å². The van der Waals surface area contributed by atoms with Crippen LogP contribution in [0, 0.1) is 6.92 Å². The summed E-state index contributed by atoms with van der Waals surface area (Å²) in [4.78, 5) is 4.87. The first-order valence-electron chi connectivity index (χ1n) is 20.9. The van der Waals surface area contributed by atoms with E-state index in [2.05, 4.69) is 0 Å². The number of aryl methyl sites for hydroxylation is 1. The second-order valence-electron chi connectivity index (χ2n) is 18.5. The predicted molar refractivity (Wildman–Crippen MR) is 233 cm³/mol. The maximum atomic E-state index is 14.8. The summed E-state index contributed by atoms with van der Waals surface area (Å²) in [5.74, 6) is -11.5. The number of hydrogen-bond acceptors (Lipinski definition) is 3. The average molecular weight is 953 g/mol. The minimum Gasteiger partial charge on any atom is -0.385 e. The number of allylic oxidation sites excluding steroid dienone is 1. The van der Waals surface area contributed by atoms with Gasteiger partial charge in [-0.15, -0.1) is 0 Å². The molecule has 0 atom stereocenters. The summed E-state index contributed by atoms with van der Waals surface area (Å²) in [7, 11) is -3.00. The first-order chi connectivity index (χ1) is 30.8. The number of hydrogen-bond donors (Lipinski definition) is 0. The number of aliphatic imine (C=N–C) groups is 1. The third-order valence-corrected chi connectivity index (χ3v) is 11.2. The van der Waals surface area contributed by atoms with Gasteiger partial charge in [-0.3, -0.25) is 0 Å². The second kappa shape index (κ2) is 18.3. The van der Waals surface area contributed by atoms with Crippen molar-refractivity contribution in [3.63, 3.8) is 0 Å². The van der Waals surface area contributed by atoms with Crippen molar-refractivity contribution < 1.29 is 66.4 Å². The van der Waals surface area contributed by atoms with Gasteiger partial charge in [-0.05, 0) is 52.5 Å². The van der Waals surface area contributed by atoms with E-state index in [4.69, 9.17) is 14.3 Å². The van der Waals surface area contributed by atoms with Crippen molar-refractivity contribution in [2.24, 2.45) is 4.99 Å². The molecule has 0 amide bonds. The topological polar surface area (TPSA) is 35.8 Å². The molecule has 0 aliphatic carbocycles. The number of aromatic nitrogens is 1. The lowest BCUT2D eigenvalue weighted by Crippen LogP contribution is -2.48. The van der Waals surface area contributed by atoms with Crippen LogP contribution < -0.4 is 0 Å². The van der Waals surface area contributed by atoms with Gasteiger partial charge in [0.2, 0.25) is 0 Å². The molecule has 6 rings (SSSR count). The zero-order chi connectivity index (χ0) is 49.7. The molecule has 0 bridgehead atoms. The summed E-state index contributed by atoms with van der Waals surface area (Å²) in [6.07, 6.45) is -20.1. The van der Waals surface area contributed by atoms with Crippen molar-refractivity contribution in [1.82, 2.24) is 4.48 Å². The van der Waals surface area contributed by atoms with Crippen molar-refractivity contribution in [3.05, 3.63) is 142 Å². The summed E-state index contributed by atoms with van der Waals surface area (Å²) >= 11 is 0. The normalized spacial score (nSPS) is 14.9. The van der Waals surface area contributed by atoms with E-state index < -0.39 is 80.2 Å². The van der Waals surface area contributed by atoms with Crippen molar-refractivity contribution in [3.8, 4) is 22.4 Å². The molecule has 0 unspecified atom stereocenters. The van der Waals surface area contributed by atoms with Gasteiger partial charge in [0.05, 0.1) is 11.4 Å². The molecule has 0 radical (unpaired) electrons. The molecule has 67 heavy (non-hydrogen) atoms. The highest BCUT2D eigenvalue weighted by Gasteiger charge is 2.60. The number of fused-ring (bicyclic) bond motifs is 1. The van der Waals surface area contributed by atoms with Gasteiger partial charge in [-0.2, -0.15) is 57.1 Å². The molecular weight excluding hydrogens is 906 g/mol. The van der Waals surface area contributed by atoms with Crippen LogP contribution in [0.2, 0.25) is 0 Å². The number of nitrogens with zero attached hydrogens (tertiary/aromatic N) is 2. The number of halogens is 13. The largest absolute Gasteiger partial charge is 0.598 e. The molecular formula is C49H46BF13N2O2. The lowest BCUT2D eigenvalue weighted by molar-refractivity contribution is -0.295. The maximum Gasteiger partial charge on any atom is 0.598 e. The van der Waals surface area contributed by atoms with E-state index in [-0.39, 0.29) is 44.9 Å². The summed E-state index contributed by atoms with van der Waals surface area (Å²) in [6, 6.07) is 27.3. The highest BCUT2D eigenvalue weighted by atomic mass is 19.4. The molecule has 0 N–H and O–H groups in total. The minimum atomic E-state index is -6.31. The van der Waals surface area contributed by atoms with Crippen LogP contribution in [0.25, 0.3) is 33.7 Å². The SMILES string of the molecule is Cc1ccc(C2=N/C(=C(/CCC(F)(F)F)c3c(-c4ccc(C(C)(C)C)cc4)cc(-c4ccc(C(C)(C)C)cc4)n3B(OCC(F)(F)C(F)(F)F)OCC(F)(F)C(F)(F)F)c3ccccc32)cc1. The van der Waals surface area contributed by atoms with Crippen LogP contribution in [0.5, 0.6) is 0 Å². The van der Waals surface area contributed by atoms with E-state index >= 15 is 0 Å². The Hall–Kier alpha value is -5.36. The molecule has 1 aliphatic heterocycles. The molecule has 5 aromatic rings. The Morgan fingerprint density at radius 1 is 0.552 bits per heavy atom. The molecule has 1 aromatic heterocycles. The van der Waals surface area contributed by atoms with Crippen LogP contribution in [0.3, 0.4) is 0 Å². The van der Waals surface area contributed by atoms with Gasteiger partial charge in [-0.25, -0.2) is 4.99 Å². The summed E-state index contributed by atoms with van der Waals surface area (Å²) < 4.78 is 196. The van der Waals surface area contributed by atoms with Gasteiger partial charge in [0.1, 0.15) is 13.2 Å². The molecule has 0 spiro atoms. The third-order valence-electron chi connectivity index (χ3n) is 11.2. The standard InChI is InChI=1S/C49H46BF13N2O2/c1-29-12-14-32(15-13-29)40-35-10-8-9-11-36(35)41(64-40)37(24-25-47(55,56)57)42-38(30-16-20-33(21-17-30)43(2,3)4)26-39(31-18-22-34(23-19-31)44(5,6)7)65(42)50(66-27-45(51,52)48(58,59)60)67-28-46(53,54)49(61,62)63/h8-23,26H,24-25,27-28H2,1-7H3/b41-37-. The monoisotopic (exact) mass is 952 g/mol. The van der Waals surface area contributed by atoms with Crippen LogP contribution in [0.15, 0.2) is 108 Å². The van der Waals surface area contributed by atoms with Gasteiger partial charge in [0.25, 0.3) is 0 Å². The smallest absolute Gasteiger partial charge is 0.385 e. The third kappa shape index (κ3) is 11.3. The molecule has 0 fully saturated rings. The van der Waals surface area contributed by atoms with E-state index in [0.717, 1.165) is 16.7 Å². The van der Waals surface area contributed by atoms with Gasteiger partial charge in [-0.1, -0.05) is 144 Å². The quantitative estimate of drug-likeness (QED) is 0.0871. The van der Waals surface area contributed by atoms with Gasteiger partial charge in [0.15, 0.2) is 0 Å². The fourth-order valence-electron chi connectivity index (χ4n) is 7.40. The van der Waals surface area contributed by atoms with Crippen molar-refractivity contribution in [2.45, 2.75) is 103 Å². The van der Waals surface area contributed by atoms with Gasteiger partial charge >= 0.3 is 37.6 Å². The van der Waals surface area contributed by atoms with E-state index in [1.54, 1.807) is 84.9 Å². The van der Waals surface area contributed by atoms with Crippen molar-refractivity contribution >= 4 is 24.2 Å². The Morgan fingerprint density at radius 2 is 1.00 bits per heavy atom. The van der Waals surface area contributed by atoms with Crippen molar-refractivity contribution in [1.29, 1.82) is 0 Å². The fraction of sp³-hybridized carbons (Fsp3) is 0.367. The Labute approximate surface area is 379 Å². The van der Waals surface area contributed by atoms with Crippen LogP contribution in [0.4, 0.5) is 57.1 Å². The molecule has 1 aliphatic rings. The summed E-state index contributed by atoms with van der Waals surface area (Å²) in [6.45, 7) is 7.79. The minimum absolute atomic E-state index is 0.0427. The molecule has 0 saturated heterocycles. The molecule has 2 heterocycles. The Bertz CT molecular complexity index is 2580. The lowest BCUT2D eigenvalue weighted by atomic mass is 9.85. The molecule has 18 heteroatoms. The van der Waals surface area contributed by atoms with Crippen LogP contribution in [-0.2, 0) is 20.1 Å². The fourth-order valence-corrected chi connectivity index (χ4v) is 7.40. The Kier molecular flexibility index (Phi) is 13.9. The first-order valence-corrected chi connectivity index (χ1v) is 20.9. The van der Waals surface area contributed by atoms with Crippen LogP contribution in [0.1, 0.15) is 93.5 Å². The zero-order valence-corrected chi connectivity index (χ0v) is 37.3. The molecule has 4 nitrogen and oxygen atoms in total. The van der Waals surface area contributed by atoms with E-state index in [1.807, 2.05) is 48.5 Å². The summed E-state index contributed by atoms with van der Waals surface area (Å²) in [5.41, 5.74) is 1.93. The van der Waals surface area contributed by atoms with Gasteiger partial charge < -0.3 is 13.8 Å². The Balaban J connectivity index is 1.80. The van der Waals surface area contributed by atoms with E-state index in [0.29, 0.717) is 15.6 Å². The van der Waals surface area contributed by atoms with Crippen molar-refractivity contribution in [2.75, 3.05) is 13.2 Å². The highest BCUT2D eigenvalue weighted by Crippen LogP contribution is 2.47. The van der Waals surface area contributed by atoms with E-state index in [1.165, 1.54) is 18.2 Å². The molecule has 4 aromatic carbocycles. The van der Waals surface area contributed by atoms with Gasteiger partial charge in [0, 0.05) is 45.6 Å². The Morgan fingerprint density at radius 3 is 1.45 bits per heavy atom. The molecule has 358 valence electrons.